The molecule has 0 saturated carbocycles. The van der Waals surface area contributed by atoms with Crippen molar-refractivity contribution in [3.63, 3.8) is 0 Å². The zero-order valence-electron chi connectivity index (χ0n) is 6.49. The summed E-state index contributed by atoms with van der Waals surface area (Å²) < 4.78 is 0. The predicted octanol–water partition coefficient (Wildman–Crippen LogP) is 0.521. The Balaban J connectivity index is 2.45. The van der Waals surface area contributed by atoms with Gasteiger partial charge in [-0.25, -0.2) is 15.6 Å². The first-order valence-corrected chi connectivity index (χ1v) is 3.71. The third-order valence-corrected chi connectivity index (χ3v) is 1.79. The lowest BCUT2D eigenvalue weighted by molar-refractivity contribution is 0.180. The van der Waals surface area contributed by atoms with Crippen molar-refractivity contribution in [1.29, 1.82) is 0 Å². The average molecular weight is 155 g/mol. The molecule has 1 aliphatic heterocycles. The molecular formula is C7H13N3O. The standard InChI is InChI=1S/C7H13N3O/c1-2-10(8)7(11)9-5-3-4-6-9/h2H,1,3-6,8H2. The van der Waals surface area contributed by atoms with Crippen LogP contribution in [0.5, 0.6) is 0 Å². The van der Waals surface area contributed by atoms with Gasteiger partial charge < -0.3 is 4.90 Å². The van der Waals surface area contributed by atoms with Crippen molar-refractivity contribution in [2.45, 2.75) is 12.8 Å². The number of amides is 2. The van der Waals surface area contributed by atoms with Crippen molar-refractivity contribution >= 4 is 6.03 Å². The Hall–Kier alpha value is -1.03. The van der Waals surface area contributed by atoms with E-state index in [0.29, 0.717) is 0 Å². The van der Waals surface area contributed by atoms with Gasteiger partial charge >= 0.3 is 6.03 Å². The summed E-state index contributed by atoms with van der Waals surface area (Å²) in [4.78, 5) is 13.0. The maximum atomic E-state index is 11.2. The largest absolute Gasteiger partial charge is 0.338 e. The fourth-order valence-corrected chi connectivity index (χ4v) is 1.15. The van der Waals surface area contributed by atoms with Crippen LogP contribution in [-0.2, 0) is 0 Å². The van der Waals surface area contributed by atoms with Gasteiger partial charge in [0.25, 0.3) is 0 Å². The molecule has 2 N–H and O–H groups in total. The number of rotatable bonds is 1. The molecule has 11 heavy (non-hydrogen) atoms. The molecule has 1 aliphatic rings. The Morgan fingerprint density at radius 3 is 2.55 bits per heavy atom. The van der Waals surface area contributed by atoms with Crippen LogP contribution in [0.1, 0.15) is 12.8 Å². The summed E-state index contributed by atoms with van der Waals surface area (Å²) in [5.41, 5.74) is 0. The lowest BCUT2D eigenvalue weighted by Gasteiger charge is -2.20. The summed E-state index contributed by atoms with van der Waals surface area (Å²) in [5.74, 6) is 5.32. The van der Waals surface area contributed by atoms with Crippen LogP contribution >= 0.6 is 0 Å². The molecule has 0 aliphatic carbocycles. The van der Waals surface area contributed by atoms with Crippen LogP contribution in [0.2, 0.25) is 0 Å². The van der Waals surface area contributed by atoms with Crippen molar-refractivity contribution in [3.05, 3.63) is 12.8 Å². The quantitative estimate of drug-likeness (QED) is 0.341. The SMILES string of the molecule is C=CN(N)C(=O)N1CCCC1. The van der Waals surface area contributed by atoms with Gasteiger partial charge in [0.2, 0.25) is 0 Å². The lowest BCUT2D eigenvalue weighted by Crippen LogP contribution is -2.42. The molecule has 4 nitrogen and oxygen atoms in total. The van der Waals surface area contributed by atoms with Gasteiger partial charge in [0.1, 0.15) is 0 Å². The van der Waals surface area contributed by atoms with Gasteiger partial charge in [0, 0.05) is 19.3 Å². The van der Waals surface area contributed by atoms with Crippen molar-refractivity contribution in [2.75, 3.05) is 13.1 Å². The number of urea groups is 1. The molecule has 0 unspecified atom stereocenters. The highest BCUT2D eigenvalue weighted by atomic mass is 16.2. The normalized spacial score (nSPS) is 16.6. The minimum absolute atomic E-state index is 0.155. The molecule has 0 radical (unpaired) electrons. The summed E-state index contributed by atoms with van der Waals surface area (Å²) in [6.45, 7) is 5.05. The molecule has 1 heterocycles. The summed E-state index contributed by atoms with van der Waals surface area (Å²) in [6, 6.07) is -0.155. The minimum Gasteiger partial charge on any atom is -0.323 e. The highest BCUT2D eigenvalue weighted by Gasteiger charge is 2.19. The first kappa shape index (κ1) is 8.07. The lowest BCUT2D eigenvalue weighted by atomic mass is 10.4. The summed E-state index contributed by atoms with van der Waals surface area (Å²) >= 11 is 0. The van der Waals surface area contributed by atoms with E-state index in [2.05, 4.69) is 6.58 Å². The van der Waals surface area contributed by atoms with E-state index in [1.165, 1.54) is 6.20 Å². The van der Waals surface area contributed by atoms with Crippen molar-refractivity contribution in [2.24, 2.45) is 5.84 Å². The number of likely N-dealkylation sites (tertiary alicyclic amines) is 1. The van der Waals surface area contributed by atoms with Crippen LogP contribution in [0, 0.1) is 0 Å². The van der Waals surface area contributed by atoms with Crippen LogP contribution < -0.4 is 5.84 Å². The summed E-state index contributed by atoms with van der Waals surface area (Å²) in [7, 11) is 0. The first-order chi connectivity index (χ1) is 5.25. The molecule has 0 aromatic heterocycles. The van der Waals surface area contributed by atoms with E-state index in [9.17, 15) is 4.79 Å². The van der Waals surface area contributed by atoms with Gasteiger partial charge in [-0.15, -0.1) is 0 Å². The predicted molar refractivity (Wildman–Crippen MR) is 42.4 cm³/mol. The van der Waals surface area contributed by atoms with Gasteiger partial charge in [-0.3, -0.25) is 0 Å². The van der Waals surface area contributed by atoms with E-state index in [1.807, 2.05) is 0 Å². The molecule has 1 fully saturated rings. The van der Waals surface area contributed by atoms with E-state index < -0.39 is 0 Å². The minimum atomic E-state index is -0.155. The fourth-order valence-electron chi connectivity index (χ4n) is 1.15. The Bertz CT molecular complexity index is 163. The van der Waals surface area contributed by atoms with E-state index in [4.69, 9.17) is 5.84 Å². The molecule has 0 aromatic carbocycles. The molecule has 1 saturated heterocycles. The zero-order valence-corrected chi connectivity index (χ0v) is 6.49. The van der Waals surface area contributed by atoms with Crippen molar-refractivity contribution in [3.8, 4) is 0 Å². The van der Waals surface area contributed by atoms with Crippen LogP contribution in [0.3, 0.4) is 0 Å². The van der Waals surface area contributed by atoms with E-state index in [1.54, 1.807) is 4.90 Å². The number of carbonyl (C=O) groups is 1. The van der Waals surface area contributed by atoms with Crippen LogP contribution in [0.15, 0.2) is 12.8 Å². The molecule has 62 valence electrons. The first-order valence-electron chi connectivity index (χ1n) is 3.71. The maximum absolute atomic E-state index is 11.2. The number of hydrogen-bond donors (Lipinski definition) is 1. The summed E-state index contributed by atoms with van der Waals surface area (Å²) in [5, 5.41) is 1.02. The number of carbonyl (C=O) groups excluding carboxylic acids is 1. The molecule has 0 atom stereocenters. The molecule has 4 heteroatoms. The fraction of sp³-hybridized carbons (Fsp3) is 0.571. The van der Waals surface area contributed by atoms with Gasteiger partial charge in [0.05, 0.1) is 0 Å². The van der Waals surface area contributed by atoms with Gasteiger partial charge in [-0.05, 0) is 12.8 Å². The monoisotopic (exact) mass is 155 g/mol. The molecule has 0 spiro atoms. The Morgan fingerprint density at radius 1 is 1.55 bits per heavy atom. The second-order valence-corrected chi connectivity index (χ2v) is 2.57. The highest BCUT2D eigenvalue weighted by Crippen LogP contribution is 2.08. The number of nitrogens with two attached hydrogens (primary N) is 1. The second kappa shape index (κ2) is 3.39. The Kier molecular flexibility index (Phi) is 2.48. The average Bonchev–Trinajstić information content (AvgIpc) is 2.53. The van der Waals surface area contributed by atoms with E-state index >= 15 is 0 Å². The molecule has 2 amide bonds. The topological polar surface area (TPSA) is 49.6 Å². The van der Waals surface area contributed by atoms with Gasteiger partial charge in [-0.1, -0.05) is 6.58 Å². The molecular weight excluding hydrogens is 142 g/mol. The molecule has 0 bridgehead atoms. The second-order valence-electron chi connectivity index (χ2n) is 2.57. The summed E-state index contributed by atoms with van der Waals surface area (Å²) in [6.07, 6.45) is 3.48. The van der Waals surface area contributed by atoms with Crippen LogP contribution in [0.4, 0.5) is 4.79 Å². The highest BCUT2D eigenvalue weighted by molar-refractivity contribution is 5.74. The third kappa shape index (κ3) is 1.71. The van der Waals surface area contributed by atoms with Gasteiger partial charge in [0.15, 0.2) is 0 Å². The number of nitrogens with zero attached hydrogens (tertiary/aromatic N) is 2. The smallest absolute Gasteiger partial charge is 0.323 e. The molecule has 1 rings (SSSR count). The van der Waals surface area contributed by atoms with E-state index in [0.717, 1.165) is 30.9 Å². The van der Waals surface area contributed by atoms with Gasteiger partial charge in [-0.2, -0.15) is 0 Å². The number of hydrogen-bond acceptors (Lipinski definition) is 2. The van der Waals surface area contributed by atoms with Crippen LogP contribution in [-0.4, -0.2) is 29.0 Å². The number of hydrazine groups is 1. The Morgan fingerprint density at radius 2 is 2.09 bits per heavy atom. The van der Waals surface area contributed by atoms with Crippen LogP contribution in [0.25, 0.3) is 0 Å². The maximum Gasteiger partial charge on any atom is 0.338 e. The molecule has 0 aromatic rings. The van der Waals surface area contributed by atoms with E-state index in [-0.39, 0.29) is 6.03 Å². The zero-order chi connectivity index (χ0) is 8.27. The van der Waals surface area contributed by atoms with Crippen molar-refractivity contribution < 1.29 is 4.79 Å². The van der Waals surface area contributed by atoms with Crippen molar-refractivity contribution in [1.82, 2.24) is 9.91 Å². The third-order valence-electron chi connectivity index (χ3n) is 1.79. The Labute approximate surface area is 66.2 Å².